The van der Waals surface area contributed by atoms with Gasteiger partial charge in [0.15, 0.2) is 5.11 Å². The van der Waals surface area contributed by atoms with Crippen LogP contribution >= 0.6 is 12.2 Å². The van der Waals surface area contributed by atoms with Crippen LogP contribution < -0.4 is 5.32 Å². The summed E-state index contributed by atoms with van der Waals surface area (Å²) in [4.78, 5) is 25.9. The number of hydrogen-bond donors (Lipinski definition) is 1. The van der Waals surface area contributed by atoms with Crippen molar-refractivity contribution in [2.45, 2.75) is 26.3 Å². The number of ether oxygens (including phenoxy) is 2. The summed E-state index contributed by atoms with van der Waals surface area (Å²) in [5, 5.41) is 3.77. The third-order valence-corrected chi connectivity index (χ3v) is 4.45. The molecule has 0 bridgehead atoms. The van der Waals surface area contributed by atoms with Crippen LogP contribution in [0.3, 0.4) is 0 Å². The highest BCUT2D eigenvalue weighted by Crippen LogP contribution is 2.31. The standard InChI is InChI=1S/C18H22N2O4S/c1-5-10-20-11(2)14(17(22)24-4)15(19-18(20)25)12-6-8-13(9-7-12)16(21)23-3/h6-9,15H,5,10H2,1-4H3,(H,19,25)/t15-/m0/s1. The summed E-state index contributed by atoms with van der Waals surface area (Å²) in [5.74, 6) is -0.816. The van der Waals surface area contributed by atoms with Crippen molar-refractivity contribution >= 4 is 29.3 Å². The van der Waals surface area contributed by atoms with Crippen molar-refractivity contribution in [3.05, 3.63) is 46.7 Å². The molecule has 134 valence electrons. The van der Waals surface area contributed by atoms with Crippen LogP contribution in [0.15, 0.2) is 35.5 Å². The summed E-state index contributed by atoms with van der Waals surface area (Å²) in [7, 11) is 2.69. The molecule has 1 aromatic rings. The first-order valence-corrected chi connectivity index (χ1v) is 8.40. The lowest BCUT2D eigenvalue weighted by Crippen LogP contribution is -2.48. The van der Waals surface area contributed by atoms with E-state index in [9.17, 15) is 9.59 Å². The van der Waals surface area contributed by atoms with E-state index in [2.05, 4.69) is 5.32 Å². The molecule has 1 aliphatic rings. The van der Waals surface area contributed by atoms with Crippen molar-refractivity contribution in [3.63, 3.8) is 0 Å². The van der Waals surface area contributed by atoms with Crippen LogP contribution in [0.5, 0.6) is 0 Å². The molecule has 1 aromatic carbocycles. The first-order chi connectivity index (χ1) is 11.9. The van der Waals surface area contributed by atoms with Crippen LogP contribution in [-0.2, 0) is 14.3 Å². The van der Waals surface area contributed by atoms with E-state index >= 15 is 0 Å². The van der Waals surface area contributed by atoms with Crippen LogP contribution in [0.2, 0.25) is 0 Å². The highest BCUT2D eigenvalue weighted by Gasteiger charge is 2.34. The smallest absolute Gasteiger partial charge is 0.337 e. The Balaban J connectivity index is 2.46. The Kier molecular flexibility index (Phi) is 6.14. The maximum Gasteiger partial charge on any atom is 0.337 e. The second-order valence-corrected chi connectivity index (χ2v) is 6.03. The van der Waals surface area contributed by atoms with Gasteiger partial charge in [0.05, 0.1) is 31.4 Å². The number of benzene rings is 1. The number of rotatable bonds is 5. The van der Waals surface area contributed by atoms with E-state index in [4.69, 9.17) is 21.7 Å². The van der Waals surface area contributed by atoms with Crippen molar-refractivity contribution in [2.24, 2.45) is 0 Å². The van der Waals surface area contributed by atoms with E-state index in [-0.39, 0.29) is 0 Å². The molecule has 1 aliphatic heterocycles. The molecule has 25 heavy (non-hydrogen) atoms. The molecule has 0 saturated heterocycles. The molecule has 6 nitrogen and oxygen atoms in total. The average molecular weight is 362 g/mol. The zero-order chi connectivity index (χ0) is 18.6. The molecule has 0 fully saturated rings. The van der Waals surface area contributed by atoms with E-state index in [1.165, 1.54) is 14.2 Å². The minimum absolute atomic E-state index is 0.407. The summed E-state index contributed by atoms with van der Waals surface area (Å²) < 4.78 is 9.68. The number of nitrogens with zero attached hydrogens (tertiary/aromatic N) is 1. The number of methoxy groups -OCH3 is 2. The average Bonchev–Trinajstić information content (AvgIpc) is 2.63. The number of esters is 2. The fourth-order valence-corrected chi connectivity index (χ4v) is 3.17. The summed E-state index contributed by atoms with van der Waals surface area (Å²) in [5.41, 5.74) is 2.54. The summed E-state index contributed by atoms with van der Waals surface area (Å²) >= 11 is 5.46. The van der Waals surface area contributed by atoms with Gasteiger partial charge in [-0.15, -0.1) is 0 Å². The fraction of sp³-hybridized carbons (Fsp3) is 0.389. The van der Waals surface area contributed by atoms with Gasteiger partial charge in [-0.05, 0) is 43.3 Å². The maximum absolute atomic E-state index is 12.4. The Morgan fingerprint density at radius 1 is 1.16 bits per heavy atom. The molecular formula is C18H22N2O4S. The van der Waals surface area contributed by atoms with E-state index in [0.717, 1.165) is 17.7 Å². The number of carbonyl (C=O) groups excluding carboxylic acids is 2. The van der Waals surface area contributed by atoms with Crippen molar-refractivity contribution in [1.29, 1.82) is 0 Å². The van der Waals surface area contributed by atoms with E-state index in [0.29, 0.717) is 22.8 Å². The van der Waals surface area contributed by atoms with Crippen molar-refractivity contribution in [1.82, 2.24) is 10.2 Å². The quantitative estimate of drug-likeness (QED) is 0.638. The first kappa shape index (κ1) is 18.9. The second-order valence-electron chi connectivity index (χ2n) is 5.64. The normalized spacial score (nSPS) is 17.2. The Bertz CT molecular complexity index is 712. The molecule has 0 aromatic heterocycles. The van der Waals surface area contributed by atoms with Gasteiger partial charge >= 0.3 is 11.9 Å². The van der Waals surface area contributed by atoms with Gasteiger partial charge in [-0.2, -0.15) is 0 Å². The third kappa shape index (κ3) is 3.82. The number of allylic oxidation sites excluding steroid dienone is 1. The molecule has 0 amide bonds. The topological polar surface area (TPSA) is 67.9 Å². The van der Waals surface area contributed by atoms with Gasteiger partial charge < -0.3 is 19.7 Å². The Hall–Kier alpha value is -2.41. The molecule has 1 atom stereocenters. The second kappa shape index (κ2) is 8.11. The number of nitrogens with one attached hydrogen (secondary N) is 1. The van der Waals surface area contributed by atoms with E-state index in [1.807, 2.05) is 18.7 Å². The largest absolute Gasteiger partial charge is 0.466 e. The highest BCUT2D eigenvalue weighted by molar-refractivity contribution is 7.80. The van der Waals surface area contributed by atoms with E-state index in [1.54, 1.807) is 24.3 Å². The predicted molar refractivity (Wildman–Crippen MR) is 98.0 cm³/mol. The highest BCUT2D eigenvalue weighted by atomic mass is 32.1. The molecule has 7 heteroatoms. The Labute approximate surface area is 152 Å². The van der Waals surface area contributed by atoms with Gasteiger partial charge in [-0.3, -0.25) is 0 Å². The number of hydrogen-bond acceptors (Lipinski definition) is 5. The Morgan fingerprint density at radius 2 is 1.76 bits per heavy atom. The van der Waals surface area contributed by atoms with Crippen LogP contribution in [0, 0.1) is 0 Å². The maximum atomic E-state index is 12.4. The van der Waals surface area contributed by atoms with Crippen LogP contribution in [0.4, 0.5) is 0 Å². The first-order valence-electron chi connectivity index (χ1n) is 8.00. The monoisotopic (exact) mass is 362 g/mol. The molecule has 1 N–H and O–H groups in total. The Morgan fingerprint density at radius 3 is 2.28 bits per heavy atom. The molecule has 0 spiro atoms. The van der Waals surface area contributed by atoms with Crippen LogP contribution in [0.1, 0.15) is 42.2 Å². The van der Waals surface area contributed by atoms with Gasteiger partial charge in [-0.25, -0.2) is 9.59 Å². The van der Waals surface area contributed by atoms with Gasteiger partial charge in [0.1, 0.15) is 0 Å². The van der Waals surface area contributed by atoms with E-state index < -0.39 is 18.0 Å². The number of thiocarbonyl (C=S) groups is 1. The number of carbonyl (C=O) groups is 2. The lowest BCUT2D eigenvalue weighted by atomic mass is 9.94. The zero-order valence-corrected chi connectivity index (χ0v) is 15.6. The summed E-state index contributed by atoms with van der Waals surface area (Å²) in [6.07, 6.45) is 0.895. The summed E-state index contributed by atoms with van der Waals surface area (Å²) in [6.45, 7) is 4.63. The summed E-state index contributed by atoms with van der Waals surface area (Å²) in [6, 6.07) is 6.44. The van der Waals surface area contributed by atoms with Gasteiger partial charge in [0, 0.05) is 12.2 Å². The van der Waals surface area contributed by atoms with Crippen LogP contribution in [0.25, 0.3) is 0 Å². The van der Waals surface area contributed by atoms with Crippen molar-refractivity contribution in [2.75, 3.05) is 20.8 Å². The third-order valence-electron chi connectivity index (χ3n) is 4.11. The SMILES string of the molecule is CCCN1C(=S)N[C@@H](c2ccc(C(=O)OC)cc2)C(C(=O)OC)=C1C. The van der Waals surface area contributed by atoms with Gasteiger partial charge in [0.2, 0.25) is 0 Å². The van der Waals surface area contributed by atoms with Gasteiger partial charge in [0.25, 0.3) is 0 Å². The zero-order valence-electron chi connectivity index (χ0n) is 14.8. The molecular weight excluding hydrogens is 340 g/mol. The van der Waals surface area contributed by atoms with Gasteiger partial charge in [-0.1, -0.05) is 19.1 Å². The predicted octanol–water partition coefficient (Wildman–Crippen LogP) is 2.56. The molecule has 0 saturated carbocycles. The minimum Gasteiger partial charge on any atom is -0.466 e. The lowest BCUT2D eigenvalue weighted by molar-refractivity contribution is -0.136. The molecule has 0 aliphatic carbocycles. The molecule has 0 unspecified atom stereocenters. The molecule has 2 rings (SSSR count). The molecule has 0 radical (unpaired) electrons. The van der Waals surface area contributed by atoms with Crippen molar-refractivity contribution in [3.8, 4) is 0 Å². The van der Waals surface area contributed by atoms with Crippen LogP contribution in [-0.4, -0.2) is 42.7 Å². The fourth-order valence-electron chi connectivity index (χ4n) is 2.83. The van der Waals surface area contributed by atoms with Crippen molar-refractivity contribution < 1.29 is 19.1 Å². The molecule has 1 heterocycles. The lowest BCUT2D eigenvalue weighted by Gasteiger charge is -2.37. The minimum atomic E-state index is -0.431.